The molecule has 37 heavy (non-hydrogen) atoms. The largest absolute Gasteiger partial charge is 0.379 e. The van der Waals surface area contributed by atoms with E-state index in [2.05, 4.69) is 9.62 Å². The number of hydrogen-bond donors (Lipinski definition) is 1. The molecule has 2 aromatic carbocycles. The van der Waals surface area contributed by atoms with E-state index in [0.717, 1.165) is 37.9 Å². The van der Waals surface area contributed by atoms with Gasteiger partial charge in [0, 0.05) is 43.8 Å². The van der Waals surface area contributed by atoms with Crippen LogP contribution in [-0.4, -0.2) is 99.5 Å². The van der Waals surface area contributed by atoms with E-state index in [1.807, 2.05) is 11.0 Å². The maximum absolute atomic E-state index is 13.2. The summed E-state index contributed by atoms with van der Waals surface area (Å²) in [6, 6.07) is 9.32. The van der Waals surface area contributed by atoms with E-state index in [9.17, 15) is 18.0 Å². The van der Waals surface area contributed by atoms with Crippen molar-refractivity contribution in [2.24, 2.45) is 0 Å². The topological polar surface area (TPSA) is 99.3 Å². The van der Waals surface area contributed by atoms with Crippen molar-refractivity contribution in [3.63, 3.8) is 0 Å². The van der Waals surface area contributed by atoms with Crippen LogP contribution in [0.3, 0.4) is 0 Å². The number of piperidine rings is 1. The van der Waals surface area contributed by atoms with Crippen LogP contribution in [0.5, 0.6) is 0 Å². The summed E-state index contributed by atoms with van der Waals surface area (Å²) in [6.45, 7) is 5.11. The van der Waals surface area contributed by atoms with Crippen LogP contribution < -0.4 is 4.72 Å². The number of amides is 2. The Bertz CT molecular complexity index is 1270. The van der Waals surface area contributed by atoms with Crippen molar-refractivity contribution >= 4 is 44.2 Å². The molecule has 200 valence electrons. The summed E-state index contributed by atoms with van der Waals surface area (Å²) in [5, 5.41) is 2.09. The Hall–Kier alpha value is -2.24. The first-order valence-electron chi connectivity index (χ1n) is 12.9. The van der Waals surface area contributed by atoms with E-state index < -0.39 is 16.1 Å². The maximum Gasteiger partial charge on any atom is 0.242 e. The minimum Gasteiger partial charge on any atom is -0.379 e. The molecule has 3 aliphatic heterocycles. The summed E-state index contributed by atoms with van der Waals surface area (Å²) in [6.07, 6.45) is 2.92. The Morgan fingerprint density at radius 3 is 2.57 bits per heavy atom. The third-order valence-electron chi connectivity index (χ3n) is 7.51. The molecule has 2 aromatic rings. The molecule has 0 saturated carbocycles. The molecule has 0 unspecified atom stereocenters. The highest BCUT2D eigenvalue weighted by molar-refractivity contribution is 7.89. The monoisotopic (exact) mass is 548 g/mol. The fourth-order valence-electron chi connectivity index (χ4n) is 5.51. The number of sulfonamides is 1. The third-order valence-corrected chi connectivity index (χ3v) is 9.21. The van der Waals surface area contributed by atoms with E-state index in [1.54, 1.807) is 24.3 Å². The molecule has 5 rings (SSSR count). The Labute approximate surface area is 222 Å². The molecule has 0 radical (unpaired) electrons. The molecule has 0 bridgehead atoms. The van der Waals surface area contributed by atoms with Crippen molar-refractivity contribution in [3.8, 4) is 0 Å². The fraction of sp³-hybridized carbons (Fsp3) is 0.538. The number of hydrogen-bond acceptors (Lipinski definition) is 6. The van der Waals surface area contributed by atoms with Crippen molar-refractivity contribution in [1.82, 2.24) is 19.4 Å². The fourth-order valence-corrected chi connectivity index (χ4v) is 6.95. The van der Waals surface area contributed by atoms with Crippen LogP contribution in [0.25, 0.3) is 10.8 Å². The quantitative estimate of drug-likeness (QED) is 0.569. The van der Waals surface area contributed by atoms with E-state index in [-0.39, 0.29) is 29.3 Å². The average Bonchev–Trinajstić information content (AvgIpc) is 3.34. The Kier molecular flexibility index (Phi) is 8.02. The first-order chi connectivity index (χ1) is 17.8. The number of nitrogens with zero attached hydrogens (tertiary/aromatic N) is 3. The minimum atomic E-state index is -3.94. The number of morpholine rings is 1. The van der Waals surface area contributed by atoms with Crippen molar-refractivity contribution in [3.05, 3.63) is 41.4 Å². The van der Waals surface area contributed by atoms with Crippen molar-refractivity contribution in [2.45, 2.75) is 42.7 Å². The highest BCUT2D eigenvalue weighted by Gasteiger charge is 2.36. The SMILES string of the molecule is O=C1[C@@H](NS(=O)(=O)c2ccc3ccc(Cl)cc3c2)CCCN1CC(=O)N1CCC[C@H]1CN1CCOCC1. The standard InChI is InChI=1S/C26H33ClN4O5S/c27-21-7-5-19-6-8-23(16-20(19)15-21)37(34,35)28-24-4-2-9-30(26(24)33)18-25(32)31-10-1-3-22(31)17-29-11-13-36-14-12-29/h5-8,15-16,22,24,28H,1-4,9-14,17-18H2/t22-,24-/m0/s1. The van der Waals surface area contributed by atoms with E-state index in [0.29, 0.717) is 49.6 Å². The zero-order chi connectivity index (χ0) is 26.0. The van der Waals surface area contributed by atoms with Crippen LogP contribution in [0.1, 0.15) is 25.7 Å². The maximum atomic E-state index is 13.2. The third kappa shape index (κ3) is 6.09. The number of halogens is 1. The van der Waals surface area contributed by atoms with Gasteiger partial charge >= 0.3 is 0 Å². The number of carbonyl (C=O) groups excluding carboxylic acids is 2. The molecular weight excluding hydrogens is 516 g/mol. The molecule has 11 heteroatoms. The highest BCUT2D eigenvalue weighted by Crippen LogP contribution is 2.24. The van der Waals surface area contributed by atoms with Gasteiger partial charge in [-0.25, -0.2) is 8.42 Å². The number of carbonyl (C=O) groups is 2. The van der Waals surface area contributed by atoms with Gasteiger partial charge in [-0.1, -0.05) is 23.7 Å². The van der Waals surface area contributed by atoms with E-state index in [4.69, 9.17) is 16.3 Å². The zero-order valence-corrected chi connectivity index (χ0v) is 22.3. The second-order valence-electron chi connectivity index (χ2n) is 10.0. The predicted octanol–water partition coefficient (Wildman–Crippen LogP) is 2.09. The van der Waals surface area contributed by atoms with Gasteiger partial charge in [0.1, 0.15) is 6.04 Å². The number of ether oxygens (including phenoxy) is 1. The van der Waals surface area contributed by atoms with Crippen molar-refractivity contribution in [1.29, 1.82) is 0 Å². The smallest absolute Gasteiger partial charge is 0.242 e. The predicted molar refractivity (Wildman–Crippen MR) is 141 cm³/mol. The van der Waals surface area contributed by atoms with Crippen LogP contribution in [0.2, 0.25) is 5.02 Å². The van der Waals surface area contributed by atoms with Gasteiger partial charge in [0.2, 0.25) is 21.8 Å². The van der Waals surface area contributed by atoms with Gasteiger partial charge in [-0.15, -0.1) is 0 Å². The van der Waals surface area contributed by atoms with Crippen LogP contribution in [0.4, 0.5) is 0 Å². The molecule has 0 aromatic heterocycles. The van der Waals surface area contributed by atoms with Gasteiger partial charge in [0.25, 0.3) is 0 Å². The van der Waals surface area contributed by atoms with Crippen molar-refractivity contribution in [2.75, 3.05) is 52.5 Å². The number of benzene rings is 2. The van der Waals surface area contributed by atoms with Crippen LogP contribution in [0.15, 0.2) is 41.3 Å². The first-order valence-corrected chi connectivity index (χ1v) is 14.8. The molecule has 9 nitrogen and oxygen atoms in total. The van der Waals surface area contributed by atoms with Crippen LogP contribution in [0, 0.1) is 0 Å². The summed E-state index contributed by atoms with van der Waals surface area (Å²) < 4.78 is 34.3. The molecular formula is C26H33ClN4O5S. The van der Waals surface area contributed by atoms with Crippen LogP contribution >= 0.6 is 11.6 Å². The summed E-state index contributed by atoms with van der Waals surface area (Å²) >= 11 is 6.07. The van der Waals surface area contributed by atoms with Gasteiger partial charge in [-0.3, -0.25) is 14.5 Å². The lowest BCUT2D eigenvalue weighted by Gasteiger charge is -2.36. The molecule has 3 fully saturated rings. The van der Waals surface area contributed by atoms with Crippen LogP contribution in [-0.2, 0) is 24.3 Å². The zero-order valence-electron chi connectivity index (χ0n) is 20.8. The molecule has 2 amide bonds. The van der Waals surface area contributed by atoms with Gasteiger partial charge < -0.3 is 14.5 Å². The highest BCUT2D eigenvalue weighted by atomic mass is 35.5. The number of likely N-dealkylation sites (tertiary alicyclic amines) is 2. The minimum absolute atomic E-state index is 0.0227. The molecule has 1 N–H and O–H groups in total. The molecule has 3 heterocycles. The summed E-state index contributed by atoms with van der Waals surface area (Å²) in [4.78, 5) is 32.3. The number of fused-ring (bicyclic) bond motifs is 1. The molecule has 0 spiro atoms. The molecule has 0 aliphatic carbocycles. The summed E-state index contributed by atoms with van der Waals surface area (Å²) in [7, 11) is -3.94. The van der Waals surface area contributed by atoms with Gasteiger partial charge in [0.05, 0.1) is 24.7 Å². The lowest BCUT2D eigenvalue weighted by Crippen LogP contribution is -2.55. The normalized spacial score (nSPS) is 23.6. The van der Waals surface area contributed by atoms with E-state index >= 15 is 0 Å². The number of nitrogens with one attached hydrogen (secondary N) is 1. The lowest BCUT2D eigenvalue weighted by molar-refractivity contribution is -0.143. The second-order valence-corrected chi connectivity index (χ2v) is 12.2. The number of rotatable bonds is 7. The Balaban J connectivity index is 1.22. The molecule has 2 atom stereocenters. The average molecular weight is 549 g/mol. The molecule has 3 saturated heterocycles. The van der Waals surface area contributed by atoms with Gasteiger partial charge in [0.15, 0.2) is 0 Å². The molecule has 3 aliphatic rings. The lowest BCUT2D eigenvalue weighted by atomic mass is 10.1. The van der Waals surface area contributed by atoms with Crippen molar-refractivity contribution < 1.29 is 22.7 Å². The second kappa shape index (κ2) is 11.2. The Morgan fingerprint density at radius 2 is 1.76 bits per heavy atom. The Morgan fingerprint density at radius 1 is 1.00 bits per heavy atom. The van der Waals surface area contributed by atoms with Gasteiger partial charge in [-0.2, -0.15) is 4.72 Å². The summed E-state index contributed by atoms with van der Waals surface area (Å²) in [5.74, 6) is -0.421. The summed E-state index contributed by atoms with van der Waals surface area (Å²) in [5.41, 5.74) is 0. The van der Waals surface area contributed by atoms with E-state index in [1.165, 1.54) is 11.0 Å². The first kappa shape index (κ1) is 26.4. The van der Waals surface area contributed by atoms with Gasteiger partial charge in [-0.05, 0) is 60.7 Å².